The monoisotopic (exact) mass is 634 g/mol. The zero-order chi connectivity index (χ0) is 31.4. The third-order valence-corrected chi connectivity index (χ3v) is 9.57. The molecule has 44 heavy (non-hydrogen) atoms. The number of nitrogens with zero attached hydrogens (tertiary/aromatic N) is 3. The van der Waals surface area contributed by atoms with Crippen LogP contribution >= 0.6 is 12.6 Å². The van der Waals surface area contributed by atoms with E-state index in [-0.39, 0.29) is 42.7 Å². The summed E-state index contributed by atoms with van der Waals surface area (Å²) in [5.41, 5.74) is 2.62. The Bertz CT molecular complexity index is 1800. The van der Waals surface area contributed by atoms with Crippen LogP contribution in [-0.4, -0.2) is 53.8 Å². The number of rotatable bonds is 11. The number of hydroxylamine groups is 2. The van der Waals surface area contributed by atoms with Gasteiger partial charge in [-0.3, -0.25) is 14.4 Å². The Balaban J connectivity index is 1.55. The number of benzene rings is 3. The van der Waals surface area contributed by atoms with Crippen LogP contribution in [0.5, 0.6) is 0 Å². The van der Waals surface area contributed by atoms with E-state index in [1.54, 1.807) is 36.4 Å². The lowest BCUT2D eigenvalue weighted by Gasteiger charge is -2.24. The predicted octanol–water partition coefficient (Wildman–Crippen LogP) is 4.13. The average Bonchev–Trinajstić information content (AvgIpc) is 3.33. The Morgan fingerprint density at radius 3 is 2.02 bits per heavy atom. The maximum absolute atomic E-state index is 14.5. The number of aromatic nitrogens is 1. The Labute approximate surface area is 260 Å². The molecule has 0 N–H and O–H groups in total. The summed E-state index contributed by atoms with van der Waals surface area (Å²) in [5, 5.41) is 1.62. The molecule has 0 radical (unpaired) electrons. The molecule has 1 saturated heterocycles. The van der Waals surface area contributed by atoms with Gasteiger partial charge in [-0.25, -0.2) is 17.5 Å². The van der Waals surface area contributed by atoms with E-state index >= 15 is 0 Å². The topological polar surface area (TPSA) is 122 Å². The molecule has 12 heteroatoms. The Morgan fingerprint density at radius 2 is 1.45 bits per heavy atom. The second kappa shape index (κ2) is 13.1. The highest BCUT2D eigenvalue weighted by Crippen LogP contribution is 2.29. The number of carbonyl (C=O) groups is 4. The summed E-state index contributed by atoms with van der Waals surface area (Å²) in [6.45, 7) is 2.13. The lowest BCUT2D eigenvalue weighted by molar-refractivity contribution is -0.645. The fourth-order valence-electron chi connectivity index (χ4n) is 5.28. The summed E-state index contributed by atoms with van der Waals surface area (Å²) in [5.74, 6) is -2.18. The first-order chi connectivity index (χ1) is 21.1. The number of amides is 3. The molecule has 1 aliphatic heterocycles. The minimum atomic E-state index is -4.37. The molecule has 0 unspecified atom stereocenters. The van der Waals surface area contributed by atoms with Crippen LogP contribution in [0, 0.1) is 6.92 Å². The first-order valence-electron chi connectivity index (χ1n) is 14.3. The van der Waals surface area contributed by atoms with Gasteiger partial charge >= 0.3 is 5.97 Å². The zero-order valence-corrected chi connectivity index (χ0v) is 25.9. The number of hydrogen-bond donors (Lipinski definition) is 1. The van der Waals surface area contributed by atoms with E-state index in [4.69, 9.17) is 4.84 Å². The lowest BCUT2D eigenvalue weighted by atomic mass is 10.0. The van der Waals surface area contributed by atoms with Crippen LogP contribution in [0.1, 0.15) is 48.0 Å². The van der Waals surface area contributed by atoms with Crippen molar-refractivity contribution in [3.05, 3.63) is 83.9 Å². The van der Waals surface area contributed by atoms with Crippen LogP contribution in [0.2, 0.25) is 0 Å². The van der Waals surface area contributed by atoms with Crippen molar-refractivity contribution in [2.24, 2.45) is 0 Å². The van der Waals surface area contributed by atoms with Crippen LogP contribution in [0.3, 0.4) is 0 Å². The number of pyridine rings is 1. The molecular weight excluding hydrogens is 603 g/mol. The normalized spacial score (nSPS) is 13.5. The number of para-hydroxylation sites is 2. The van der Waals surface area contributed by atoms with Crippen molar-refractivity contribution in [2.75, 3.05) is 12.3 Å². The molecule has 0 saturated carbocycles. The fraction of sp³-hybridized carbons (Fsp3) is 0.281. The summed E-state index contributed by atoms with van der Waals surface area (Å²) >= 11 is 4.37. The summed E-state index contributed by atoms with van der Waals surface area (Å²) in [7, 11) is -4.37. The van der Waals surface area contributed by atoms with Gasteiger partial charge in [0.15, 0.2) is 0 Å². The first kappa shape index (κ1) is 31.1. The van der Waals surface area contributed by atoms with Gasteiger partial charge in [0.05, 0.1) is 21.2 Å². The molecule has 0 aliphatic carbocycles. The molecule has 1 aromatic heterocycles. The van der Waals surface area contributed by atoms with E-state index in [1.807, 2.05) is 31.2 Å². The van der Waals surface area contributed by atoms with Gasteiger partial charge in [0.2, 0.25) is 11.0 Å². The first-order valence-corrected chi connectivity index (χ1v) is 16.3. The van der Waals surface area contributed by atoms with Crippen molar-refractivity contribution < 1.29 is 37.0 Å². The predicted molar refractivity (Wildman–Crippen MR) is 166 cm³/mol. The molecule has 228 valence electrons. The summed E-state index contributed by atoms with van der Waals surface area (Å²) in [4.78, 5) is 55.6. The van der Waals surface area contributed by atoms with Gasteiger partial charge in [-0.1, -0.05) is 42.0 Å². The number of sulfonamides is 1. The Morgan fingerprint density at radius 1 is 0.886 bits per heavy atom. The molecule has 1 fully saturated rings. The van der Waals surface area contributed by atoms with E-state index < -0.39 is 33.7 Å². The summed E-state index contributed by atoms with van der Waals surface area (Å²) in [6.07, 6.45) is 0.266. The number of carbonyl (C=O) groups excluding carboxylic acids is 4. The van der Waals surface area contributed by atoms with Gasteiger partial charge in [0.1, 0.15) is 6.54 Å². The highest BCUT2D eigenvalue weighted by atomic mass is 32.2. The van der Waals surface area contributed by atoms with Crippen LogP contribution in [0.25, 0.3) is 21.8 Å². The highest BCUT2D eigenvalue weighted by molar-refractivity contribution is 7.89. The molecule has 3 amide bonds. The second-order valence-electron chi connectivity index (χ2n) is 10.5. The van der Waals surface area contributed by atoms with E-state index in [2.05, 4.69) is 17.2 Å². The SMILES string of the molecule is Cc1ccc(S(=O)(=O)N(CCCC(=O)ON2C(=O)CCC2=O)C(=O)c2c3ccccc3[n+](CCCS)c3ccccc23)cc1. The largest absolute Gasteiger partial charge is 0.333 e. The smallest absolute Gasteiger partial charge is 0.330 e. The molecule has 0 bridgehead atoms. The Hall–Kier alpha value is -4.29. The van der Waals surface area contributed by atoms with Gasteiger partial charge in [-0.05, 0) is 43.4 Å². The van der Waals surface area contributed by atoms with Crippen molar-refractivity contribution in [2.45, 2.75) is 50.5 Å². The minimum absolute atomic E-state index is 0.0448. The van der Waals surface area contributed by atoms with Crippen LogP contribution in [0.15, 0.2) is 77.7 Å². The molecule has 2 heterocycles. The van der Waals surface area contributed by atoms with Crippen molar-refractivity contribution >= 4 is 68.1 Å². The van der Waals surface area contributed by atoms with Crippen LogP contribution in [-0.2, 0) is 35.8 Å². The van der Waals surface area contributed by atoms with Crippen LogP contribution in [0.4, 0.5) is 0 Å². The molecule has 5 rings (SSSR count). The third-order valence-electron chi connectivity index (χ3n) is 7.46. The van der Waals surface area contributed by atoms with Crippen molar-refractivity contribution in [3.63, 3.8) is 0 Å². The molecule has 0 spiro atoms. The molecule has 1 aliphatic rings. The van der Waals surface area contributed by atoms with Gasteiger partial charge in [-0.2, -0.15) is 17.2 Å². The lowest BCUT2D eigenvalue weighted by Crippen LogP contribution is -2.40. The van der Waals surface area contributed by atoms with E-state index in [9.17, 15) is 27.6 Å². The quantitative estimate of drug-likeness (QED) is 0.114. The summed E-state index contributed by atoms with van der Waals surface area (Å²) in [6, 6.07) is 20.9. The average molecular weight is 635 g/mol. The minimum Gasteiger partial charge on any atom is -0.330 e. The van der Waals surface area contributed by atoms with E-state index in [0.29, 0.717) is 28.1 Å². The number of aryl methyl sites for hydroxylation is 2. The van der Waals surface area contributed by atoms with E-state index in [1.165, 1.54) is 12.1 Å². The second-order valence-corrected chi connectivity index (χ2v) is 12.8. The standard InChI is InChI=1S/C32H31N3O7S2/c1-22-13-15-23(16-14-22)44(40,41)34(20-6-12-30(38)42-35-28(36)17-18-29(35)37)32(39)31-24-8-2-4-10-26(24)33(19-7-21-43)27-11-5-3-9-25(27)31/h2-5,8-11,13-16H,6-7,12,17-21H2,1H3/p+1. The van der Waals surface area contributed by atoms with Crippen LogP contribution < -0.4 is 4.57 Å². The molecule has 10 nitrogen and oxygen atoms in total. The third kappa shape index (κ3) is 6.18. The maximum Gasteiger partial charge on any atom is 0.333 e. The molecule has 0 atom stereocenters. The number of imide groups is 1. The van der Waals surface area contributed by atoms with Crippen molar-refractivity contribution in [1.29, 1.82) is 0 Å². The number of hydrogen-bond acceptors (Lipinski definition) is 8. The van der Waals surface area contributed by atoms with Gasteiger partial charge < -0.3 is 4.84 Å². The number of fused-ring (bicyclic) bond motifs is 2. The van der Waals surface area contributed by atoms with E-state index in [0.717, 1.165) is 27.3 Å². The van der Waals surface area contributed by atoms with Gasteiger partial charge in [0, 0.05) is 44.4 Å². The molecule has 3 aromatic carbocycles. The number of thiol groups is 1. The highest BCUT2D eigenvalue weighted by Gasteiger charge is 2.35. The van der Waals surface area contributed by atoms with Crippen molar-refractivity contribution in [1.82, 2.24) is 9.37 Å². The molecule has 4 aromatic rings. The maximum atomic E-state index is 14.5. The van der Waals surface area contributed by atoms with Gasteiger partial charge in [-0.15, -0.1) is 5.06 Å². The fourth-order valence-corrected chi connectivity index (χ4v) is 6.84. The zero-order valence-electron chi connectivity index (χ0n) is 24.1. The molecular formula is C32H32N3O7S2+. The summed E-state index contributed by atoms with van der Waals surface area (Å²) < 4.78 is 31.0. The van der Waals surface area contributed by atoms with Crippen molar-refractivity contribution in [3.8, 4) is 0 Å². The Kier molecular flexibility index (Phi) is 9.31. The van der Waals surface area contributed by atoms with Gasteiger partial charge in [0.25, 0.3) is 27.7 Å².